The molecule has 1 aliphatic rings. The molecule has 1 heterocycles. The minimum Gasteiger partial charge on any atom is -0.493 e. The van der Waals surface area contributed by atoms with Crippen LogP contribution in [0, 0.1) is 10.8 Å². The number of para-hydroxylation sites is 1. The van der Waals surface area contributed by atoms with E-state index in [1.54, 1.807) is 4.90 Å². The summed E-state index contributed by atoms with van der Waals surface area (Å²) in [4.78, 5) is 25.6. The van der Waals surface area contributed by atoms with Crippen molar-refractivity contribution in [2.24, 2.45) is 0 Å². The number of benzene rings is 1. The molecular formula is C22H36N8O3. The molecule has 0 saturated heterocycles. The summed E-state index contributed by atoms with van der Waals surface area (Å²) in [5, 5.41) is 28.9. The highest BCUT2D eigenvalue weighted by molar-refractivity contribution is 5.95. The van der Waals surface area contributed by atoms with Gasteiger partial charge in [0.25, 0.3) is 0 Å². The van der Waals surface area contributed by atoms with Gasteiger partial charge < -0.3 is 25.6 Å². The second kappa shape index (κ2) is 14.5. The van der Waals surface area contributed by atoms with Gasteiger partial charge in [-0.25, -0.2) is 9.59 Å². The van der Waals surface area contributed by atoms with Gasteiger partial charge in [0.05, 0.1) is 6.61 Å². The van der Waals surface area contributed by atoms with Gasteiger partial charge in [-0.3, -0.25) is 21.5 Å². The van der Waals surface area contributed by atoms with E-state index in [2.05, 4.69) is 26.6 Å². The van der Waals surface area contributed by atoms with E-state index in [-0.39, 0.29) is 18.0 Å². The van der Waals surface area contributed by atoms with Crippen LogP contribution in [0.1, 0.15) is 44.1 Å². The van der Waals surface area contributed by atoms with E-state index >= 15 is 0 Å². The lowest BCUT2D eigenvalue weighted by Crippen LogP contribution is -2.48. The van der Waals surface area contributed by atoms with Crippen LogP contribution >= 0.6 is 0 Å². The molecule has 0 aromatic heterocycles. The molecule has 0 atom stereocenters. The van der Waals surface area contributed by atoms with Gasteiger partial charge in [0.1, 0.15) is 5.75 Å². The van der Waals surface area contributed by atoms with Crippen LogP contribution in [0.15, 0.2) is 24.3 Å². The average molecular weight is 461 g/mol. The van der Waals surface area contributed by atoms with E-state index in [9.17, 15) is 9.59 Å². The molecule has 182 valence electrons. The third-order valence-corrected chi connectivity index (χ3v) is 5.15. The number of ether oxygens (including phenoxy) is 1. The molecule has 0 radical (unpaired) electrons. The van der Waals surface area contributed by atoms with Crippen LogP contribution in [0.25, 0.3) is 0 Å². The van der Waals surface area contributed by atoms with Crippen molar-refractivity contribution in [1.82, 2.24) is 31.5 Å². The van der Waals surface area contributed by atoms with Crippen molar-refractivity contribution in [3.8, 4) is 5.75 Å². The maximum Gasteiger partial charge on any atom is 0.324 e. The number of unbranched alkanes of at least 4 members (excludes halogenated alkanes) is 1. The lowest BCUT2D eigenvalue weighted by atomic mass is 10.2. The molecule has 11 nitrogen and oxygen atoms in total. The van der Waals surface area contributed by atoms with E-state index in [1.807, 2.05) is 24.3 Å². The zero-order chi connectivity index (χ0) is 23.9. The maximum atomic E-state index is 12.7. The van der Waals surface area contributed by atoms with Gasteiger partial charge in [-0.05, 0) is 31.7 Å². The number of amides is 4. The number of nitrogens with zero attached hydrogens (tertiary/aromatic N) is 1. The molecule has 7 N–H and O–H groups in total. The van der Waals surface area contributed by atoms with Gasteiger partial charge in [-0.1, -0.05) is 31.0 Å². The third-order valence-electron chi connectivity index (χ3n) is 5.15. The Balaban J connectivity index is 1.83. The number of urea groups is 2. The Morgan fingerprint density at radius 3 is 2.79 bits per heavy atom. The molecule has 33 heavy (non-hydrogen) atoms. The molecule has 0 bridgehead atoms. The van der Waals surface area contributed by atoms with Crippen LogP contribution < -0.4 is 31.3 Å². The number of guanidine groups is 2. The van der Waals surface area contributed by atoms with Gasteiger partial charge in [-0.15, -0.1) is 0 Å². The van der Waals surface area contributed by atoms with Crippen molar-refractivity contribution in [2.75, 3.05) is 33.3 Å². The number of hydrogen-bond acceptors (Lipinski definition) is 5. The first kappa shape index (κ1) is 25.8. The molecule has 1 aromatic carbocycles. The molecule has 1 aromatic rings. The standard InChI is InChI=1S/C22H36N8O3/c1-25-21(31)28-19(23)26-12-6-8-14-30-13-7-2-3-9-15-33-18-11-5-4-10-17(18)16-27-20(24)29-22(30)32/h4-5,10-11H,2-3,6-9,12-16H2,1H3,(H3,24,27,29,32)(H4,23,25,26,28,31). The minimum atomic E-state index is -0.447. The molecule has 0 fully saturated rings. The number of fused-ring (bicyclic) bond motifs is 1. The summed E-state index contributed by atoms with van der Waals surface area (Å²) < 4.78 is 5.91. The number of carbonyl (C=O) groups is 2. The fourth-order valence-electron chi connectivity index (χ4n) is 3.32. The Kier molecular flexibility index (Phi) is 11.3. The summed E-state index contributed by atoms with van der Waals surface area (Å²) in [5.41, 5.74) is 0.937. The number of hydrogen-bond donors (Lipinski definition) is 7. The molecule has 0 unspecified atom stereocenters. The molecule has 1 aliphatic heterocycles. The van der Waals surface area contributed by atoms with Crippen molar-refractivity contribution in [3.63, 3.8) is 0 Å². The maximum absolute atomic E-state index is 12.7. The van der Waals surface area contributed by atoms with E-state index in [4.69, 9.17) is 15.6 Å². The minimum absolute atomic E-state index is 0.0509. The van der Waals surface area contributed by atoms with E-state index in [1.165, 1.54) is 7.05 Å². The first-order valence-corrected chi connectivity index (χ1v) is 11.4. The SMILES string of the molecule is CNC(=O)NC(=N)NCCCCN1CCCCCCOc2ccccc2CNC(=N)NC1=O. The normalized spacial score (nSPS) is 15.5. The van der Waals surface area contributed by atoms with Crippen LogP contribution in [-0.2, 0) is 6.54 Å². The van der Waals surface area contributed by atoms with Gasteiger partial charge in [0, 0.05) is 38.8 Å². The van der Waals surface area contributed by atoms with Crippen molar-refractivity contribution >= 4 is 24.0 Å². The second-order valence-electron chi connectivity index (χ2n) is 7.73. The Bertz CT molecular complexity index is 802. The van der Waals surface area contributed by atoms with Gasteiger partial charge in [-0.2, -0.15) is 0 Å². The molecule has 2 rings (SSSR count). The predicted molar refractivity (Wildman–Crippen MR) is 128 cm³/mol. The summed E-state index contributed by atoms with van der Waals surface area (Å²) in [6.07, 6.45) is 5.31. The topological polar surface area (TPSA) is 154 Å². The molecule has 0 aliphatic carbocycles. The van der Waals surface area contributed by atoms with Crippen molar-refractivity contribution < 1.29 is 14.3 Å². The zero-order valence-electron chi connectivity index (χ0n) is 19.3. The van der Waals surface area contributed by atoms with Crippen LogP contribution in [0.4, 0.5) is 9.59 Å². The summed E-state index contributed by atoms with van der Waals surface area (Å²) >= 11 is 0. The number of carbonyl (C=O) groups excluding carboxylic acids is 2. The highest BCUT2D eigenvalue weighted by atomic mass is 16.5. The van der Waals surface area contributed by atoms with Crippen molar-refractivity contribution in [3.05, 3.63) is 29.8 Å². The van der Waals surface area contributed by atoms with E-state index in [0.29, 0.717) is 32.8 Å². The van der Waals surface area contributed by atoms with Gasteiger partial charge >= 0.3 is 12.1 Å². The van der Waals surface area contributed by atoms with E-state index in [0.717, 1.165) is 49.8 Å². The van der Waals surface area contributed by atoms with Crippen LogP contribution in [0.5, 0.6) is 5.75 Å². The largest absolute Gasteiger partial charge is 0.493 e. The summed E-state index contributed by atoms with van der Waals surface area (Å²) in [5.74, 6) is 0.685. The van der Waals surface area contributed by atoms with E-state index < -0.39 is 6.03 Å². The first-order valence-electron chi connectivity index (χ1n) is 11.4. The monoisotopic (exact) mass is 460 g/mol. The fraction of sp³-hybridized carbons (Fsp3) is 0.545. The highest BCUT2D eigenvalue weighted by Gasteiger charge is 2.15. The average Bonchev–Trinajstić information content (AvgIpc) is 2.80. The summed E-state index contributed by atoms with van der Waals surface area (Å²) in [6.45, 7) is 2.70. The molecule has 4 amide bonds. The summed E-state index contributed by atoms with van der Waals surface area (Å²) in [6, 6.07) is 6.97. The Labute approximate surface area is 195 Å². The summed E-state index contributed by atoms with van der Waals surface area (Å²) in [7, 11) is 1.48. The molecule has 11 heteroatoms. The number of nitrogens with one attached hydrogen (secondary N) is 7. The van der Waals surface area contributed by atoms with Crippen LogP contribution in [-0.4, -0.2) is 62.2 Å². The van der Waals surface area contributed by atoms with Gasteiger partial charge in [0.2, 0.25) is 0 Å². The molecule has 0 spiro atoms. The predicted octanol–water partition coefficient (Wildman–Crippen LogP) is 1.91. The zero-order valence-corrected chi connectivity index (χ0v) is 19.3. The first-order chi connectivity index (χ1) is 16.0. The van der Waals surface area contributed by atoms with Gasteiger partial charge in [0.15, 0.2) is 11.9 Å². The van der Waals surface area contributed by atoms with Crippen molar-refractivity contribution in [1.29, 1.82) is 10.8 Å². The van der Waals surface area contributed by atoms with Crippen LogP contribution in [0.3, 0.4) is 0 Å². The Morgan fingerprint density at radius 2 is 1.97 bits per heavy atom. The molecular weight excluding hydrogens is 424 g/mol. The third kappa shape index (κ3) is 10.1. The Morgan fingerprint density at radius 1 is 1.18 bits per heavy atom. The highest BCUT2D eigenvalue weighted by Crippen LogP contribution is 2.18. The Hall–Kier alpha value is -3.50. The quantitative estimate of drug-likeness (QED) is 0.203. The lowest BCUT2D eigenvalue weighted by molar-refractivity contribution is 0.200. The number of rotatable bonds is 5. The fourth-order valence-corrected chi connectivity index (χ4v) is 3.32. The van der Waals surface area contributed by atoms with Crippen LogP contribution in [0.2, 0.25) is 0 Å². The lowest BCUT2D eigenvalue weighted by Gasteiger charge is -2.23. The second-order valence-corrected chi connectivity index (χ2v) is 7.73. The smallest absolute Gasteiger partial charge is 0.324 e. The molecule has 0 saturated carbocycles. The van der Waals surface area contributed by atoms with Crippen molar-refractivity contribution in [2.45, 2.75) is 45.1 Å².